The standard InChI is InChI=1S/C21H23N5O4/c1-25(2)15-7-5-14(6-8-15)11-23-24-20(27)12-26-13-22-17-10-19(30-4)18(29-3)9-16(17)21(26)28/h5-11,13H,12H2,1-4H3,(H,24,27)/b23-11+. The molecular weight excluding hydrogens is 386 g/mol. The minimum Gasteiger partial charge on any atom is -0.493 e. The van der Waals surface area contributed by atoms with Gasteiger partial charge in [-0.05, 0) is 23.8 Å². The lowest BCUT2D eigenvalue weighted by atomic mass is 10.2. The van der Waals surface area contributed by atoms with Gasteiger partial charge in [-0.25, -0.2) is 10.4 Å². The number of methoxy groups -OCH3 is 2. The second-order valence-electron chi connectivity index (χ2n) is 6.68. The van der Waals surface area contributed by atoms with Gasteiger partial charge in [0, 0.05) is 25.8 Å². The molecule has 1 heterocycles. The summed E-state index contributed by atoms with van der Waals surface area (Å²) in [7, 11) is 6.91. The Hall–Kier alpha value is -3.88. The van der Waals surface area contributed by atoms with Crippen molar-refractivity contribution in [3.8, 4) is 11.5 Å². The normalized spacial score (nSPS) is 10.9. The molecule has 0 bridgehead atoms. The number of carbonyl (C=O) groups excluding carboxylic acids is 1. The van der Waals surface area contributed by atoms with Crippen LogP contribution in [0, 0.1) is 0 Å². The highest BCUT2D eigenvalue weighted by Gasteiger charge is 2.12. The Bertz CT molecular complexity index is 1140. The molecule has 2 aromatic carbocycles. The van der Waals surface area contributed by atoms with E-state index in [4.69, 9.17) is 9.47 Å². The van der Waals surface area contributed by atoms with Gasteiger partial charge in [0.05, 0.1) is 37.7 Å². The Labute approximate surface area is 173 Å². The highest BCUT2D eigenvalue weighted by molar-refractivity contribution is 5.84. The first-order chi connectivity index (χ1) is 14.4. The van der Waals surface area contributed by atoms with Crippen molar-refractivity contribution in [2.75, 3.05) is 33.2 Å². The molecule has 0 aliphatic rings. The fourth-order valence-corrected chi connectivity index (χ4v) is 2.83. The average molecular weight is 409 g/mol. The summed E-state index contributed by atoms with van der Waals surface area (Å²) in [4.78, 5) is 31.1. The van der Waals surface area contributed by atoms with Gasteiger partial charge in [0.2, 0.25) is 0 Å². The van der Waals surface area contributed by atoms with E-state index < -0.39 is 5.91 Å². The molecule has 0 fully saturated rings. The van der Waals surface area contributed by atoms with Crippen molar-refractivity contribution < 1.29 is 14.3 Å². The van der Waals surface area contributed by atoms with E-state index in [1.807, 2.05) is 43.3 Å². The van der Waals surface area contributed by atoms with E-state index >= 15 is 0 Å². The number of nitrogens with zero attached hydrogens (tertiary/aromatic N) is 4. The molecule has 30 heavy (non-hydrogen) atoms. The summed E-state index contributed by atoms with van der Waals surface area (Å²) < 4.78 is 11.7. The number of hydrogen-bond acceptors (Lipinski definition) is 7. The maximum absolute atomic E-state index is 12.7. The number of rotatable bonds is 7. The molecule has 0 atom stereocenters. The Balaban J connectivity index is 1.71. The SMILES string of the molecule is COc1cc2ncn(CC(=O)N/N=C/c3ccc(N(C)C)cc3)c(=O)c2cc1OC. The molecule has 156 valence electrons. The van der Waals surface area contributed by atoms with E-state index in [9.17, 15) is 9.59 Å². The summed E-state index contributed by atoms with van der Waals surface area (Å²) in [5, 5.41) is 4.27. The molecule has 0 saturated carbocycles. The van der Waals surface area contributed by atoms with Gasteiger partial charge in [0.25, 0.3) is 11.5 Å². The first-order valence-corrected chi connectivity index (χ1v) is 9.13. The highest BCUT2D eigenvalue weighted by Crippen LogP contribution is 2.29. The monoisotopic (exact) mass is 409 g/mol. The number of carbonyl (C=O) groups is 1. The van der Waals surface area contributed by atoms with Crippen molar-refractivity contribution in [1.82, 2.24) is 15.0 Å². The molecule has 1 amide bonds. The number of ether oxygens (including phenoxy) is 2. The molecular formula is C21H23N5O4. The fourth-order valence-electron chi connectivity index (χ4n) is 2.83. The summed E-state index contributed by atoms with van der Waals surface area (Å²) in [5.74, 6) is 0.441. The summed E-state index contributed by atoms with van der Waals surface area (Å²) >= 11 is 0. The molecule has 0 unspecified atom stereocenters. The summed E-state index contributed by atoms with van der Waals surface area (Å²) in [6.07, 6.45) is 2.86. The fraction of sp³-hybridized carbons (Fsp3) is 0.238. The number of hydrogen-bond donors (Lipinski definition) is 1. The van der Waals surface area contributed by atoms with E-state index in [1.165, 1.54) is 31.3 Å². The van der Waals surface area contributed by atoms with E-state index in [2.05, 4.69) is 15.5 Å². The Morgan fingerprint density at radius 2 is 1.83 bits per heavy atom. The first kappa shape index (κ1) is 20.8. The lowest BCUT2D eigenvalue weighted by Gasteiger charge is -2.11. The minimum absolute atomic E-state index is 0.215. The van der Waals surface area contributed by atoms with Crippen molar-refractivity contribution >= 4 is 28.7 Å². The van der Waals surface area contributed by atoms with E-state index in [1.54, 1.807) is 12.1 Å². The predicted octanol–water partition coefficient (Wildman–Crippen LogP) is 1.63. The molecule has 9 heteroatoms. The maximum Gasteiger partial charge on any atom is 0.261 e. The van der Waals surface area contributed by atoms with Crippen LogP contribution in [-0.2, 0) is 11.3 Å². The highest BCUT2D eigenvalue weighted by atomic mass is 16.5. The van der Waals surface area contributed by atoms with Crippen LogP contribution in [0.25, 0.3) is 10.9 Å². The van der Waals surface area contributed by atoms with Gasteiger partial charge in [-0.2, -0.15) is 5.10 Å². The summed E-state index contributed by atoms with van der Waals surface area (Å²) in [5.41, 5.74) is 4.41. The number of nitrogens with one attached hydrogen (secondary N) is 1. The van der Waals surface area contributed by atoms with Crippen molar-refractivity contribution in [1.29, 1.82) is 0 Å². The van der Waals surface area contributed by atoms with Crippen LogP contribution in [0.3, 0.4) is 0 Å². The van der Waals surface area contributed by atoms with Gasteiger partial charge in [0.15, 0.2) is 11.5 Å². The van der Waals surface area contributed by atoms with Crippen molar-refractivity contribution in [3.05, 3.63) is 58.6 Å². The lowest BCUT2D eigenvalue weighted by Crippen LogP contribution is -2.30. The topological polar surface area (TPSA) is 98.0 Å². The first-order valence-electron chi connectivity index (χ1n) is 9.13. The summed E-state index contributed by atoms with van der Waals surface area (Å²) in [6.45, 7) is -0.215. The third-order valence-electron chi connectivity index (χ3n) is 4.46. The summed E-state index contributed by atoms with van der Waals surface area (Å²) in [6, 6.07) is 10.9. The number of hydrazone groups is 1. The largest absolute Gasteiger partial charge is 0.493 e. The van der Waals surface area contributed by atoms with Gasteiger partial charge < -0.3 is 14.4 Å². The zero-order valence-electron chi connectivity index (χ0n) is 17.2. The van der Waals surface area contributed by atoms with Crippen molar-refractivity contribution in [2.24, 2.45) is 5.10 Å². The smallest absolute Gasteiger partial charge is 0.261 e. The van der Waals surface area contributed by atoms with E-state index in [-0.39, 0.29) is 12.1 Å². The van der Waals surface area contributed by atoms with E-state index in [0.717, 1.165) is 11.3 Å². The molecule has 9 nitrogen and oxygen atoms in total. The third kappa shape index (κ3) is 4.57. The molecule has 3 aromatic rings. The second-order valence-corrected chi connectivity index (χ2v) is 6.68. The molecule has 0 saturated heterocycles. The van der Waals surface area contributed by atoms with Crippen LogP contribution in [-0.4, -0.2) is 50.0 Å². The minimum atomic E-state index is -0.445. The molecule has 1 N–H and O–H groups in total. The zero-order valence-corrected chi connectivity index (χ0v) is 17.2. The quantitative estimate of drug-likeness (QED) is 0.471. The number of anilines is 1. The maximum atomic E-state index is 12.7. The molecule has 3 rings (SSSR count). The van der Waals surface area contributed by atoms with Gasteiger partial charge >= 0.3 is 0 Å². The molecule has 0 spiro atoms. The van der Waals surface area contributed by atoms with Gasteiger partial charge in [-0.1, -0.05) is 12.1 Å². The molecule has 0 aliphatic carbocycles. The average Bonchev–Trinajstić information content (AvgIpc) is 2.75. The van der Waals surface area contributed by atoms with Crippen molar-refractivity contribution in [3.63, 3.8) is 0 Å². The molecule has 0 radical (unpaired) electrons. The number of aromatic nitrogens is 2. The lowest BCUT2D eigenvalue weighted by molar-refractivity contribution is -0.121. The van der Waals surface area contributed by atoms with Crippen LogP contribution < -0.4 is 25.4 Å². The molecule has 0 aliphatic heterocycles. The van der Waals surface area contributed by atoms with Gasteiger partial charge in [-0.3, -0.25) is 14.2 Å². The Kier molecular flexibility index (Phi) is 6.31. The van der Waals surface area contributed by atoms with Crippen molar-refractivity contribution in [2.45, 2.75) is 6.54 Å². The molecule has 1 aromatic heterocycles. The van der Waals surface area contributed by atoms with Crippen LogP contribution in [0.4, 0.5) is 5.69 Å². The van der Waals surface area contributed by atoms with E-state index in [0.29, 0.717) is 22.4 Å². The third-order valence-corrected chi connectivity index (χ3v) is 4.46. The van der Waals surface area contributed by atoms with Crippen LogP contribution in [0.2, 0.25) is 0 Å². The second kappa shape index (κ2) is 9.08. The number of fused-ring (bicyclic) bond motifs is 1. The number of benzene rings is 2. The van der Waals surface area contributed by atoms with Crippen LogP contribution in [0.1, 0.15) is 5.56 Å². The van der Waals surface area contributed by atoms with Gasteiger partial charge in [0.1, 0.15) is 6.54 Å². The van der Waals surface area contributed by atoms with Crippen LogP contribution >= 0.6 is 0 Å². The van der Waals surface area contributed by atoms with Crippen LogP contribution in [0.15, 0.2) is 52.6 Å². The number of amides is 1. The predicted molar refractivity (Wildman–Crippen MR) is 116 cm³/mol. The zero-order chi connectivity index (χ0) is 21.7. The van der Waals surface area contributed by atoms with Gasteiger partial charge in [-0.15, -0.1) is 0 Å². The Morgan fingerprint density at radius 3 is 2.47 bits per heavy atom. The Morgan fingerprint density at radius 1 is 1.17 bits per heavy atom. The van der Waals surface area contributed by atoms with Crippen LogP contribution in [0.5, 0.6) is 11.5 Å².